The predicted molar refractivity (Wildman–Crippen MR) is 38.8 cm³/mol. The first-order valence-corrected chi connectivity index (χ1v) is 3.78. The van der Waals surface area contributed by atoms with Crippen molar-refractivity contribution in [3.8, 4) is 0 Å². The molecular weight excluding hydrogens is 213 g/mol. The van der Waals surface area contributed by atoms with E-state index < -0.39 is 37.2 Å². The topological polar surface area (TPSA) is 46.5 Å². The van der Waals surface area contributed by atoms with Crippen LogP contribution in [0.2, 0.25) is 0 Å². The number of carboxylic acids is 1. The molecule has 1 atom stereocenters. The highest BCUT2D eigenvalue weighted by Crippen LogP contribution is 2.19. The van der Waals surface area contributed by atoms with Crippen molar-refractivity contribution in [2.24, 2.45) is 0 Å². The largest absolute Gasteiger partial charge is 0.480 e. The zero-order valence-corrected chi connectivity index (χ0v) is 7.23. The van der Waals surface area contributed by atoms with Gasteiger partial charge in [0.1, 0.15) is 0 Å². The first kappa shape index (κ1) is 12.5. The van der Waals surface area contributed by atoms with E-state index in [0.717, 1.165) is 0 Å². The maximum atomic E-state index is 11.5. The highest BCUT2D eigenvalue weighted by Gasteiger charge is 2.26. The van der Waals surface area contributed by atoms with Crippen LogP contribution >= 0.6 is 11.6 Å². The standard InChI is InChI=1S/C6H8ClF3O3/c7-4(5(11)12)3-13-2-1-6(8,9)10/h4H,1-3H2,(H,11,12). The summed E-state index contributed by atoms with van der Waals surface area (Å²) in [4.78, 5) is 10.1. The summed E-state index contributed by atoms with van der Waals surface area (Å²) in [5.74, 6) is -1.31. The molecule has 0 aliphatic heterocycles. The number of hydrogen-bond acceptors (Lipinski definition) is 2. The lowest BCUT2D eigenvalue weighted by molar-refractivity contribution is -0.146. The molecule has 0 radical (unpaired) electrons. The molecule has 0 heterocycles. The van der Waals surface area contributed by atoms with E-state index in [1.807, 2.05) is 0 Å². The van der Waals surface area contributed by atoms with E-state index in [4.69, 9.17) is 16.7 Å². The van der Waals surface area contributed by atoms with Gasteiger partial charge in [0.15, 0.2) is 5.38 Å². The van der Waals surface area contributed by atoms with Crippen LogP contribution in [0.4, 0.5) is 13.2 Å². The van der Waals surface area contributed by atoms with Gasteiger partial charge in [-0.3, -0.25) is 4.79 Å². The molecule has 1 unspecified atom stereocenters. The molecule has 0 rings (SSSR count). The molecule has 13 heavy (non-hydrogen) atoms. The minimum Gasteiger partial charge on any atom is -0.480 e. The van der Waals surface area contributed by atoms with Gasteiger partial charge in [-0.2, -0.15) is 13.2 Å². The summed E-state index contributed by atoms with van der Waals surface area (Å²) in [7, 11) is 0. The lowest BCUT2D eigenvalue weighted by Crippen LogP contribution is -2.21. The van der Waals surface area contributed by atoms with Crippen LogP contribution in [0.3, 0.4) is 0 Å². The molecule has 0 fully saturated rings. The smallest absolute Gasteiger partial charge is 0.391 e. The number of carboxylic acid groups (broad SMARTS) is 1. The fourth-order valence-electron chi connectivity index (χ4n) is 0.446. The SMILES string of the molecule is O=C(O)C(Cl)COCCC(F)(F)F. The van der Waals surface area contributed by atoms with Crippen LogP contribution in [0.1, 0.15) is 6.42 Å². The van der Waals surface area contributed by atoms with E-state index in [1.165, 1.54) is 0 Å². The van der Waals surface area contributed by atoms with Crippen molar-refractivity contribution in [3.05, 3.63) is 0 Å². The Bertz CT molecular complexity index is 171. The number of halogens is 4. The van der Waals surface area contributed by atoms with Gasteiger partial charge in [-0.05, 0) is 0 Å². The minimum atomic E-state index is -4.29. The highest BCUT2D eigenvalue weighted by molar-refractivity contribution is 6.29. The van der Waals surface area contributed by atoms with Gasteiger partial charge in [-0.25, -0.2) is 0 Å². The molecule has 0 spiro atoms. The number of rotatable bonds is 5. The van der Waals surface area contributed by atoms with Crippen LogP contribution in [0.5, 0.6) is 0 Å². The quantitative estimate of drug-likeness (QED) is 0.566. The number of carbonyl (C=O) groups is 1. The maximum Gasteiger partial charge on any atom is 0.391 e. The molecule has 7 heteroatoms. The first-order valence-electron chi connectivity index (χ1n) is 3.34. The Kier molecular flexibility index (Phi) is 5.09. The van der Waals surface area contributed by atoms with E-state index in [0.29, 0.717) is 0 Å². The van der Waals surface area contributed by atoms with Gasteiger partial charge < -0.3 is 9.84 Å². The van der Waals surface area contributed by atoms with Crippen molar-refractivity contribution < 1.29 is 27.8 Å². The Morgan fingerprint density at radius 3 is 2.46 bits per heavy atom. The Morgan fingerprint density at radius 1 is 1.54 bits per heavy atom. The molecular formula is C6H8ClF3O3. The van der Waals surface area contributed by atoms with E-state index in [-0.39, 0.29) is 0 Å². The molecule has 78 valence electrons. The summed E-state index contributed by atoms with van der Waals surface area (Å²) >= 11 is 5.16. The van der Waals surface area contributed by atoms with E-state index in [2.05, 4.69) is 4.74 Å². The number of aliphatic carboxylic acids is 1. The second-order valence-corrected chi connectivity index (χ2v) is 2.77. The predicted octanol–water partition coefficient (Wildman–Crippen LogP) is 1.65. The first-order chi connectivity index (χ1) is 5.83. The summed E-state index contributed by atoms with van der Waals surface area (Å²) in [6.45, 7) is -0.993. The lowest BCUT2D eigenvalue weighted by atomic mass is 10.4. The summed E-state index contributed by atoms with van der Waals surface area (Å²) in [5.41, 5.74) is 0. The molecule has 0 saturated carbocycles. The Hall–Kier alpha value is -0.490. The van der Waals surface area contributed by atoms with E-state index in [9.17, 15) is 18.0 Å². The minimum absolute atomic E-state index is 0.424. The molecule has 3 nitrogen and oxygen atoms in total. The van der Waals surface area contributed by atoms with Gasteiger partial charge in [-0.15, -0.1) is 11.6 Å². The summed E-state index contributed by atoms with van der Waals surface area (Å²) in [5, 5.41) is 6.91. The van der Waals surface area contributed by atoms with Crippen LogP contribution in [-0.2, 0) is 9.53 Å². The molecule has 0 amide bonds. The normalized spacial score (nSPS) is 14.2. The van der Waals surface area contributed by atoms with Crippen molar-refractivity contribution >= 4 is 17.6 Å². The average molecular weight is 221 g/mol. The van der Waals surface area contributed by atoms with E-state index in [1.54, 1.807) is 0 Å². The van der Waals surface area contributed by atoms with Gasteiger partial charge >= 0.3 is 12.1 Å². The van der Waals surface area contributed by atoms with Crippen molar-refractivity contribution in [2.45, 2.75) is 18.0 Å². The van der Waals surface area contributed by atoms with Gasteiger partial charge in [0.2, 0.25) is 0 Å². The number of ether oxygens (including phenoxy) is 1. The van der Waals surface area contributed by atoms with Crippen molar-refractivity contribution in [1.29, 1.82) is 0 Å². The third-order valence-electron chi connectivity index (χ3n) is 1.06. The zero-order chi connectivity index (χ0) is 10.5. The number of alkyl halides is 4. The second-order valence-electron chi connectivity index (χ2n) is 2.25. The van der Waals surface area contributed by atoms with Crippen molar-refractivity contribution in [1.82, 2.24) is 0 Å². The summed E-state index contributed by atoms with van der Waals surface area (Å²) in [6, 6.07) is 0. The second kappa shape index (κ2) is 5.29. The summed E-state index contributed by atoms with van der Waals surface area (Å²) < 4.78 is 38.9. The van der Waals surface area contributed by atoms with Crippen molar-refractivity contribution in [3.63, 3.8) is 0 Å². The Morgan fingerprint density at radius 2 is 2.08 bits per heavy atom. The third kappa shape index (κ3) is 7.86. The molecule has 0 saturated heterocycles. The monoisotopic (exact) mass is 220 g/mol. The third-order valence-corrected chi connectivity index (χ3v) is 1.37. The Balaban J connectivity index is 3.41. The van der Waals surface area contributed by atoms with E-state index >= 15 is 0 Å². The number of hydrogen-bond donors (Lipinski definition) is 1. The summed E-state index contributed by atoms with van der Waals surface area (Å²) in [6.07, 6.45) is -5.39. The zero-order valence-electron chi connectivity index (χ0n) is 6.47. The molecule has 1 N–H and O–H groups in total. The van der Waals surface area contributed by atoms with Crippen LogP contribution in [-0.4, -0.2) is 35.8 Å². The van der Waals surface area contributed by atoms with Crippen LogP contribution in [0, 0.1) is 0 Å². The lowest BCUT2D eigenvalue weighted by Gasteiger charge is -2.08. The maximum absolute atomic E-state index is 11.5. The molecule has 0 bridgehead atoms. The van der Waals surface area contributed by atoms with Crippen LogP contribution < -0.4 is 0 Å². The molecule has 0 aliphatic carbocycles. The van der Waals surface area contributed by atoms with Gasteiger partial charge in [0, 0.05) is 0 Å². The molecule has 0 aromatic rings. The fraction of sp³-hybridized carbons (Fsp3) is 0.833. The molecule has 0 aromatic heterocycles. The average Bonchev–Trinajstić information content (AvgIpc) is 1.95. The highest BCUT2D eigenvalue weighted by atomic mass is 35.5. The Labute approximate surface area is 77.4 Å². The van der Waals surface area contributed by atoms with Crippen LogP contribution in [0.15, 0.2) is 0 Å². The van der Waals surface area contributed by atoms with Gasteiger partial charge in [0.05, 0.1) is 19.6 Å². The van der Waals surface area contributed by atoms with Crippen molar-refractivity contribution in [2.75, 3.05) is 13.2 Å². The molecule has 0 aliphatic rings. The molecule has 0 aromatic carbocycles. The van der Waals surface area contributed by atoms with Crippen LogP contribution in [0.25, 0.3) is 0 Å². The fourth-order valence-corrected chi connectivity index (χ4v) is 0.535. The van der Waals surface area contributed by atoms with Gasteiger partial charge in [-0.1, -0.05) is 0 Å². The van der Waals surface area contributed by atoms with Gasteiger partial charge in [0.25, 0.3) is 0 Å².